The Balaban J connectivity index is 1.72. The smallest absolute Gasteiger partial charge is 0.228 e. The normalized spacial score (nSPS) is 20.0. The van der Waals surface area contributed by atoms with Crippen LogP contribution in [0.1, 0.15) is 18.6 Å². The van der Waals surface area contributed by atoms with Gasteiger partial charge in [0.25, 0.3) is 0 Å². The number of nitrogen functional groups attached to an aromatic ring is 1. The summed E-state index contributed by atoms with van der Waals surface area (Å²) in [6.45, 7) is 3.45. The average Bonchev–Trinajstić information content (AvgIpc) is 3.21. The number of rotatable bonds is 4. The van der Waals surface area contributed by atoms with Crippen LogP contribution in [-0.4, -0.2) is 43.4 Å². The highest BCUT2D eigenvalue weighted by atomic mass is 32.1. The Bertz CT molecular complexity index is 948. The molecule has 1 saturated heterocycles. The van der Waals surface area contributed by atoms with Gasteiger partial charge in [-0.15, -0.1) is 0 Å². The number of thiophene rings is 1. The Hall–Kier alpha value is -2.58. The first-order valence-electron chi connectivity index (χ1n) is 8.70. The summed E-state index contributed by atoms with van der Waals surface area (Å²) in [5, 5.41) is 4.92. The van der Waals surface area contributed by atoms with Gasteiger partial charge < -0.3 is 24.8 Å². The molecule has 1 aromatic carbocycles. The number of hydrogen-bond donors (Lipinski definition) is 1. The van der Waals surface area contributed by atoms with Crippen molar-refractivity contribution in [3.63, 3.8) is 0 Å². The number of methoxy groups -OCH3 is 2. The van der Waals surface area contributed by atoms with Crippen molar-refractivity contribution in [3.8, 4) is 11.5 Å². The van der Waals surface area contributed by atoms with Crippen molar-refractivity contribution in [2.75, 3.05) is 37.9 Å². The van der Waals surface area contributed by atoms with Crippen molar-refractivity contribution in [1.29, 1.82) is 0 Å². The molecular weight excluding hydrogens is 364 g/mol. The third-order valence-electron chi connectivity index (χ3n) is 4.68. The van der Waals surface area contributed by atoms with Crippen molar-refractivity contribution < 1.29 is 14.2 Å². The predicted octanol–water partition coefficient (Wildman–Crippen LogP) is 3.26. The van der Waals surface area contributed by atoms with Crippen LogP contribution in [-0.2, 0) is 4.74 Å². The Morgan fingerprint density at radius 1 is 1.19 bits per heavy atom. The van der Waals surface area contributed by atoms with E-state index in [9.17, 15) is 0 Å². The molecule has 0 aliphatic carbocycles. The van der Waals surface area contributed by atoms with E-state index in [1.807, 2.05) is 12.1 Å². The number of nitrogens with two attached hydrogens (primary N) is 1. The second-order valence-corrected chi connectivity index (χ2v) is 7.31. The molecule has 2 atom stereocenters. The highest BCUT2D eigenvalue weighted by Crippen LogP contribution is 2.35. The van der Waals surface area contributed by atoms with Gasteiger partial charge in [0.2, 0.25) is 5.95 Å². The van der Waals surface area contributed by atoms with Crippen LogP contribution in [0.15, 0.2) is 29.0 Å². The monoisotopic (exact) mass is 386 g/mol. The SMILES string of the molecule is COc1cc2nc(N3CC(C)OC(c4ccsc4)C3)nc(N)c2cc1OC. The fourth-order valence-electron chi connectivity index (χ4n) is 3.37. The Morgan fingerprint density at radius 2 is 1.96 bits per heavy atom. The lowest BCUT2D eigenvalue weighted by Crippen LogP contribution is -2.43. The van der Waals surface area contributed by atoms with E-state index in [4.69, 9.17) is 24.9 Å². The molecule has 3 aromatic rings. The summed E-state index contributed by atoms with van der Waals surface area (Å²) in [6, 6.07) is 5.73. The molecule has 1 aliphatic rings. The van der Waals surface area contributed by atoms with Gasteiger partial charge in [0.15, 0.2) is 11.5 Å². The summed E-state index contributed by atoms with van der Waals surface area (Å²) in [6.07, 6.45) is 0.0560. The lowest BCUT2D eigenvalue weighted by atomic mass is 10.1. The summed E-state index contributed by atoms with van der Waals surface area (Å²) in [5.41, 5.74) is 8.14. The number of hydrogen-bond acceptors (Lipinski definition) is 8. The fraction of sp³-hybridized carbons (Fsp3) is 0.368. The van der Waals surface area contributed by atoms with Gasteiger partial charge in [-0.05, 0) is 35.4 Å². The van der Waals surface area contributed by atoms with E-state index in [1.54, 1.807) is 25.6 Å². The lowest BCUT2D eigenvalue weighted by molar-refractivity contribution is -0.0176. The molecular formula is C19H22N4O3S. The van der Waals surface area contributed by atoms with Crippen LogP contribution in [0.5, 0.6) is 11.5 Å². The third-order valence-corrected chi connectivity index (χ3v) is 5.38. The zero-order valence-corrected chi connectivity index (χ0v) is 16.3. The molecule has 3 heterocycles. The Morgan fingerprint density at radius 3 is 2.67 bits per heavy atom. The van der Waals surface area contributed by atoms with Crippen LogP contribution >= 0.6 is 11.3 Å². The topological polar surface area (TPSA) is 82.7 Å². The van der Waals surface area contributed by atoms with Gasteiger partial charge in [-0.25, -0.2) is 4.98 Å². The molecule has 0 radical (unpaired) electrons. The summed E-state index contributed by atoms with van der Waals surface area (Å²) < 4.78 is 16.9. The Kier molecular flexibility index (Phi) is 4.75. The second kappa shape index (κ2) is 7.21. The summed E-state index contributed by atoms with van der Waals surface area (Å²) in [4.78, 5) is 11.4. The molecule has 8 heteroatoms. The summed E-state index contributed by atoms with van der Waals surface area (Å²) in [5.74, 6) is 2.23. The molecule has 2 unspecified atom stereocenters. The zero-order chi connectivity index (χ0) is 19.0. The molecule has 1 aliphatic heterocycles. The van der Waals surface area contributed by atoms with Gasteiger partial charge in [-0.2, -0.15) is 16.3 Å². The highest BCUT2D eigenvalue weighted by molar-refractivity contribution is 7.07. The number of ether oxygens (including phenoxy) is 3. The second-order valence-electron chi connectivity index (χ2n) is 6.53. The molecule has 27 heavy (non-hydrogen) atoms. The van der Waals surface area contributed by atoms with Gasteiger partial charge in [0.1, 0.15) is 11.9 Å². The molecule has 2 aromatic heterocycles. The molecule has 1 fully saturated rings. The molecule has 0 amide bonds. The van der Waals surface area contributed by atoms with E-state index in [0.717, 1.165) is 10.9 Å². The standard InChI is InChI=1S/C19H22N4O3S/c1-11-8-23(9-17(26-11)12-4-5-27-10-12)19-21-14-7-16(25-3)15(24-2)6-13(14)18(20)22-19/h4-7,10-11,17H,8-9H2,1-3H3,(H2,20,21,22). The average molecular weight is 386 g/mol. The third kappa shape index (κ3) is 3.38. The number of nitrogens with zero attached hydrogens (tertiary/aromatic N) is 3. The van der Waals surface area contributed by atoms with Crippen LogP contribution < -0.4 is 20.1 Å². The fourth-order valence-corrected chi connectivity index (χ4v) is 4.07. The number of fused-ring (bicyclic) bond motifs is 1. The van der Waals surface area contributed by atoms with Crippen molar-refractivity contribution in [1.82, 2.24) is 9.97 Å². The largest absolute Gasteiger partial charge is 0.493 e. The van der Waals surface area contributed by atoms with E-state index in [2.05, 4.69) is 33.6 Å². The van der Waals surface area contributed by atoms with Crippen LogP contribution in [0.2, 0.25) is 0 Å². The van der Waals surface area contributed by atoms with Gasteiger partial charge in [-0.1, -0.05) is 0 Å². The first-order chi connectivity index (χ1) is 13.1. The molecule has 0 bridgehead atoms. The van der Waals surface area contributed by atoms with Gasteiger partial charge in [-0.3, -0.25) is 0 Å². The van der Waals surface area contributed by atoms with Crippen molar-refractivity contribution in [3.05, 3.63) is 34.5 Å². The zero-order valence-electron chi connectivity index (χ0n) is 15.5. The maximum Gasteiger partial charge on any atom is 0.228 e. The quantitative estimate of drug-likeness (QED) is 0.737. The van der Waals surface area contributed by atoms with Crippen LogP contribution in [0.3, 0.4) is 0 Å². The predicted molar refractivity (Wildman–Crippen MR) is 107 cm³/mol. The first-order valence-corrected chi connectivity index (χ1v) is 9.65. The van der Waals surface area contributed by atoms with Gasteiger partial charge in [0, 0.05) is 18.0 Å². The number of benzene rings is 1. The molecule has 0 saturated carbocycles. The maximum atomic E-state index is 6.24. The molecule has 4 rings (SSSR count). The van der Waals surface area contributed by atoms with Crippen molar-refractivity contribution in [2.24, 2.45) is 0 Å². The number of aromatic nitrogens is 2. The Labute approximate surface area is 161 Å². The van der Waals surface area contributed by atoms with Crippen LogP contribution in [0.25, 0.3) is 10.9 Å². The van der Waals surface area contributed by atoms with E-state index < -0.39 is 0 Å². The van der Waals surface area contributed by atoms with Crippen LogP contribution in [0.4, 0.5) is 11.8 Å². The lowest BCUT2D eigenvalue weighted by Gasteiger charge is -2.36. The van der Waals surface area contributed by atoms with Gasteiger partial charge in [0.05, 0.1) is 32.4 Å². The number of morpholine rings is 1. The minimum atomic E-state index is -0.00840. The molecule has 7 nitrogen and oxygen atoms in total. The highest BCUT2D eigenvalue weighted by Gasteiger charge is 2.29. The van der Waals surface area contributed by atoms with E-state index in [0.29, 0.717) is 36.4 Å². The van der Waals surface area contributed by atoms with E-state index >= 15 is 0 Å². The first kappa shape index (κ1) is 17.8. The van der Waals surface area contributed by atoms with Crippen molar-refractivity contribution in [2.45, 2.75) is 19.1 Å². The molecule has 2 N–H and O–H groups in total. The number of anilines is 2. The van der Waals surface area contributed by atoms with Gasteiger partial charge >= 0.3 is 0 Å². The minimum absolute atomic E-state index is 0.00840. The summed E-state index contributed by atoms with van der Waals surface area (Å²) in [7, 11) is 3.19. The van der Waals surface area contributed by atoms with E-state index in [-0.39, 0.29) is 12.2 Å². The summed E-state index contributed by atoms with van der Waals surface area (Å²) >= 11 is 1.67. The molecule has 0 spiro atoms. The molecule has 142 valence electrons. The van der Waals surface area contributed by atoms with E-state index in [1.165, 1.54) is 5.56 Å². The minimum Gasteiger partial charge on any atom is -0.493 e. The maximum absolute atomic E-state index is 6.24. The van der Waals surface area contributed by atoms with Crippen LogP contribution in [0, 0.1) is 0 Å². The van der Waals surface area contributed by atoms with Crippen molar-refractivity contribution >= 4 is 34.0 Å².